The van der Waals surface area contributed by atoms with Gasteiger partial charge in [0.15, 0.2) is 5.65 Å². The van der Waals surface area contributed by atoms with Crippen molar-refractivity contribution >= 4 is 11.6 Å². The average Bonchev–Trinajstić information content (AvgIpc) is 2.97. The number of rotatable bonds is 3. The molecule has 1 N–H and O–H groups in total. The lowest BCUT2D eigenvalue weighted by atomic mass is 10.1. The first kappa shape index (κ1) is 16.7. The molecule has 0 radical (unpaired) electrons. The van der Waals surface area contributed by atoms with E-state index in [9.17, 15) is 22.8 Å². The molecule has 0 unspecified atom stereocenters. The molecule has 9 heteroatoms. The average molecular weight is 351 g/mol. The van der Waals surface area contributed by atoms with E-state index in [-0.39, 0.29) is 23.4 Å². The number of halogens is 3. The predicted molar refractivity (Wildman–Crippen MR) is 82.2 cm³/mol. The van der Waals surface area contributed by atoms with Crippen molar-refractivity contribution in [2.45, 2.75) is 13.1 Å². The molecule has 3 rings (SSSR count). The van der Waals surface area contributed by atoms with Crippen LogP contribution in [0.1, 0.15) is 23.0 Å². The predicted octanol–water partition coefficient (Wildman–Crippen LogP) is 2.89. The minimum absolute atomic E-state index is 0.0226. The van der Waals surface area contributed by atoms with Gasteiger partial charge in [0.05, 0.1) is 12.2 Å². The number of hydrogen-bond acceptors (Lipinski definition) is 4. The number of fused-ring (bicyclic) bond motifs is 1. The van der Waals surface area contributed by atoms with Gasteiger partial charge in [-0.05, 0) is 12.5 Å². The highest BCUT2D eigenvalue weighted by Gasteiger charge is 2.38. The van der Waals surface area contributed by atoms with Gasteiger partial charge < -0.3 is 4.74 Å². The monoisotopic (exact) mass is 351 g/mol. The molecule has 0 saturated carbocycles. The number of carbonyl (C=O) groups excluding carboxylic acids is 1. The van der Waals surface area contributed by atoms with Crippen LogP contribution in [0.3, 0.4) is 0 Å². The standard InChI is InChI=1S/C16H12F3N3O3/c1-2-25-15(24)10-8-20-13-11(9-6-4-3-5-7-9)12(16(17,18)19)21-22(13)14(10)23/h3-8,21H,2H2,1H3. The lowest BCUT2D eigenvalue weighted by Crippen LogP contribution is -2.24. The number of benzene rings is 1. The van der Waals surface area contributed by atoms with Crippen molar-refractivity contribution in [1.29, 1.82) is 0 Å². The topological polar surface area (TPSA) is 76.5 Å². The zero-order valence-electron chi connectivity index (χ0n) is 12.9. The molecule has 130 valence electrons. The first-order valence-corrected chi connectivity index (χ1v) is 7.28. The Morgan fingerprint density at radius 2 is 1.96 bits per heavy atom. The van der Waals surface area contributed by atoms with Crippen LogP contribution in [0.5, 0.6) is 0 Å². The summed E-state index contributed by atoms with van der Waals surface area (Å²) in [5.41, 5.74) is -2.78. The van der Waals surface area contributed by atoms with Crippen LogP contribution in [0.2, 0.25) is 0 Å². The molecular formula is C16H12F3N3O3. The van der Waals surface area contributed by atoms with Crippen molar-refractivity contribution in [2.24, 2.45) is 0 Å². The zero-order chi connectivity index (χ0) is 18.2. The maximum Gasteiger partial charge on any atom is 0.433 e. The first-order chi connectivity index (χ1) is 11.8. The van der Waals surface area contributed by atoms with E-state index in [0.29, 0.717) is 4.52 Å². The summed E-state index contributed by atoms with van der Waals surface area (Å²) < 4.78 is 45.6. The van der Waals surface area contributed by atoms with Crippen molar-refractivity contribution in [3.8, 4) is 11.1 Å². The van der Waals surface area contributed by atoms with E-state index >= 15 is 0 Å². The summed E-state index contributed by atoms with van der Waals surface area (Å²) in [6.45, 7) is 1.57. The number of carbonyl (C=O) groups is 1. The number of nitrogens with zero attached hydrogens (tertiary/aromatic N) is 2. The van der Waals surface area contributed by atoms with Gasteiger partial charge in [-0.3, -0.25) is 9.89 Å². The second-order valence-electron chi connectivity index (χ2n) is 5.08. The summed E-state index contributed by atoms with van der Waals surface area (Å²) in [4.78, 5) is 28.0. The van der Waals surface area contributed by atoms with E-state index < -0.39 is 29.0 Å². The highest BCUT2D eigenvalue weighted by atomic mass is 19.4. The van der Waals surface area contributed by atoms with Crippen LogP contribution in [0.4, 0.5) is 13.2 Å². The third-order valence-electron chi connectivity index (χ3n) is 3.50. The Morgan fingerprint density at radius 3 is 2.56 bits per heavy atom. The van der Waals surface area contributed by atoms with Gasteiger partial charge >= 0.3 is 12.1 Å². The highest BCUT2D eigenvalue weighted by Crippen LogP contribution is 2.37. The lowest BCUT2D eigenvalue weighted by molar-refractivity contribution is -0.140. The third-order valence-corrected chi connectivity index (χ3v) is 3.50. The number of alkyl halides is 3. The van der Waals surface area contributed by atoms with Gasteiger partial charge in [0.2, 0.25) is 0 Å². The molecule has 3 aromatic rings. The van der Waals surface area contributed by atoms with Crippen LogP contribution < -0.4 is 5.56 Å². The maximum atomic E-state index is 13.4. The van der Waals surface area contributed by atoms with Crippen LogP contribution in [0, 0.1) is 0 Å². The van der Waals surface area contributed by atoms with Crippen LogP contribution in [0.15, 0.2) is 41.3 Å². The van der Waals surface area contributed by atoms with E-state index in [4.69, 9.17) is 4.74 Å². The normalized spacial score (nSPS) is 11.7. The Kier molecular flexibility index (Phi) is 4.07. The third kappa shape index (κ3) is 2.88. The minimum Gasteiger partial charge on any atom is -0.462 e. The largest absolute Gasteiger partial charge is 0.462 e. The second-order valence-corrected chi connectivity index (χ2v) is 5.08. The molecule has 25 heavy (non-hydrogen) atoms. The minimum atomic E-state index is -4.74. The fourth-order valence-corrected chi connectivity index (χ4v) is 2.45. The summed E-state index contributed by atoms with van der Waals surface area (Å²) in [7, 11) is 0. The molecular weight excluding hydrogens is 339 g/mol. The zero-order valence-corrected chi connectivity index (χ0v) is 12.9. The van der Waals surface area contributed by atoms with Gasteiger partial charge in [-0.15, -0.1) is 0 Å². The van der Waals surface area contributed by atoms with Crippen molar-refractivity contribution in [1.82, 2.24) is 14.6 Å². The first-order valence-electron chi connectivity index (χ1n) is 7.28. The Labute approximate surface area is 138 Å². The Bertz CT molecular complexity index is 991. The van der Waals surface area contributed by atoms with Crippen LogP contribution >= 0.6 is 0 Å². The summed E-state index contributed by atoms with van der Waals surface area (Å²) >= 11 is 0. The van der Waals surface area contributed by atoms with Gasteiger partial charge in [0.25, 0.3) is 5.56 Å². The number of H-pyrrole nitrogens is 1. The molecule has 6 nitrogen and oxygen atoms in total. The van der Waals surface area contributed by atoms with Gasteiger partial charge in [-0.2, -0.15) is 17.7 Å². The van der Waals surface area contributed by atoms with E-state index in [0.717, 1.165) is 6.20 Å². The molecule has 0 saturated heterocycles. The van der Waals surface area contributed by atoms with Gasteiger partial charge in [0, 0.05) is 6.20 Å². The molecule has 0 atom stereocenters. The fourth-order valence-electron chi connectivity index (χ4n) is 2.45. The lowest BCUT2D eigenvalue weighted by Gasteiger charge is -2.06. The van der Waals surface area contributed by atoms with Crippen molar-refractivity contribution in [3.05, 3.63) is 58.1 Å². The number of esters is 1. The number of nitrogens with one attached hydrogen (secondary N) is 1. The second kappa shape index (κ2) is 6.08. The fraction of sp³-hybridized carbons (Fsp3) is 0.188. The summed E-state index contributed by atoms with van der Waals surface area (Å²) in [5, 5.41) is 2.02. The van der Waals surface area contributed by atoms with Crippen LogP contribution in [-0.2, 0) is 10.9 Å². The molecule has 1 aromatic carbocycles. The summed E-state index contributed by atoms with van der Waals surface area (Å²) in [6, 6.07) is 7.76. The molecule has 2 heterocycles. The number of aromatic amines is 1. The van der Waals surface area contributed by atoms with Crippen molar-refractivity contribution in [2.75, 3.05) is 6.61 Å². The smallest absolute Gasteiger partial charge is 0.433 e. The molecule has 0 fully saturated rings. The molecule has 0 aliphatic carbocycles. The van der Waals surface area contributed by atoms with E-state index in [1.165, 1.54) is 12.1 Å². The summed E-state index contributed by atoms with van der Waals surface area (Å²) in [5.74, 6) is -0.946. The molecule has 0 amide bonds. The van der Waals surface area contributed by atoms with E-state index in [1.807, 2.05) is 5.10 Å². The quantitative estimate of drug-likeness (QED) is 0.736. The highest BCUT2D eigenvalue weighted by molar-refractivity contribution is 5.89. The van der Waals surface area contributed by atoms with Crippen molar-refractivity contribution in [3.63, 3.8) is 0 Å². The van der Waals surface area contributed by atoms with E-state index in [2.05, 4.69) is 4.98 Å². The Morgan fingerprint density at radius 1 is 1.28 bits per heavy atom. The van der Waals surface area contributed by atoms with Crippen LogP contribution in [-0.4, -0.2) is 27.2 Å². The molecule has 0 aliphatic heterocycles. The Hall–Kier alpha value is -3.10. The van der Waals surface area contributed by atoms with Gasteiger partial charge in [0.1, 0.15) is 11.3 Å². The SMILES string of the molecule is CCOC(=O)c1cnc2c(-c3ccccc3)c(C(F)(F)F)[nH]n2c1=O. The molecule has 0 spiro atoms. The molecule has 2 aromatic heterocycles. The number of aromatic nitrogens is 3. The van der Waals surface area contributed by atoms with Crippen LogP contribution in [0.25, 0.3) is 16.8 Å². The molecule has 0 aliphatic rings. The van der Waals surface area contributed by atoms with Gasteiger partial charge in [-0.1, -0.05) is 30.3 Å². The van der Waals surface area contributed by atoms with Crippen molar-refractivity contribution < 1.29 is 22.7 Å². The molecule has 0 bridgehead atoms. The Balaban J connectivity index is 2.33. The number of ether oxygens (including phenoxy) is 1. The maximum absolute atomic E-state index is 13.4. The van der Waals surface area contributed by atoms with Gasteiger partial charge in [-0.25, -0.2) is 9.78 Å². The summed E-state index contributed by atoms with van der Waals surface area (Å²) in [6.07, 6.45) is -3.81. The number of hydrogen-bond donors (Lipinski definition) is 1. The van der Waals surface area contributed by atoms with E-state index in [1.54, 1.807) is 25.1 Å².